The number of nitrogens with zero attached hydrogens (tertiary/aromatic N) is 5. The summed E-state index contributed by atoms with van der Waals surface area (Å²) in [5.41, 5.74) is 0.184. The average Bonchev–Trinajstić information content (AvgIpc) is 3.15. The molecule has 2 aliphatic rings. The summed E-state index contributed by atoms with van der Waals surface area (Å²) in [6, 6.07) is 2.17. The molecule has 30 heavy (non-hydrogen) atoms. The van der Waals surface area contributed by atoms with E-state index in [4.69, 9.17) is 16.3 Å². The molecule has 4 rings (SSSR count). The van der Waals surface area contributed by atoms with Crippen LogP contribution in [0.4, 0.5) is 10.2 Å². The first-order chi connectivity index (χ1) is 14.3. The van der Waals surface area contributed by atoms with Crippen LogP contribution in [-0.2, 0) is 0 Å². The van der Waals surface area contributed by atoms with Crippen LogP contribution in [0.5, 0.6) is 6.01 Å². The highest BCUT2D eigenvalue weighted by molar-refractivity contribution is 9.10. The molecule has 1 aromatic carbocycles. The Morgan fingerprint density at radius 1 is 1.30 bits per heavy atom. The Labute approximate surface area is 189 Å². The predicted octanol–water partition coefficient (Wildman–Crippen LogP) is 2.89. The van der Waals surface area contributed by atoms with Crippen LogP contribution in [0.15, 0.2) is 10.5 Å². The molecule has 1 N–H and O–H groups in total. The van der Waals surface area contributed by atoms with Crippen LogP contribution < -0.4 is 9.64 Å². The fourth-order valence-corrected chi connectivity index (χ4v) is 4.60. The third-order valence-electron chi connectivity index (χ3n) is 6.00. The van der Waals surface area contributed by atoms with Gasteiger partial charge < -0.3 is 24.4 Å². The summed E-state index contributed by atoms with van der Waals surface area (Å²) in [5, 5.41) is 10.7. The fourth-order valence-electron chi connectivity index (χ4n) is 4.11. The maximum atomic E-state index is 15.0. The SMILES string of the molecule is CB(O)N1CCN(c2nc(OC[C@@H]3CCCN3C)nc3c(F)c(Br)c(Cl)cc23)CC1. The Balaban J connectivity index is 1.67. The summed E-state index contributed by atoms with van der Waals surface area (Å²) < 4.78 is 21.1. The van der Waals surface area contributed by atoms with E-state index in [1.165, 1.54) is 0 Å². The first-order valence-corrected chi connectivity index (χ1v) is 11.4. The normalized spacial score (nSPS) is 20.9. The molecule has 0 aliphatic carbocycles. The number of halogens is 3. The molecule has 3 heterocycles. The van der Waals surface area contributed by atoms with Gasteiger partial charge in [-0.05, 0) is 55.3 Å². The van der Waals surface area contributed by atoms with Crippen LogP contribution >= 0.6 is 27.5 Å². The zero-order valence-electron chi connectivity index (χ0n) is 17.1. The van der Waals surface area contributed by atoms with Crippen molar-refractivity contribution >= 4 is 51.3 Å². The van der Waals surface area contributed by atoms with Gasteiger partial charge in [-0.3, -0.25) is 0 Å². The van der Waals surface area contributed by atoms with Crippen molar-refractivity contribution in [1.29, 1.82) is 0 Å². The molecular formula is C19H25BBrClFN5O2. The predicted molar refractivity (Wildman–Crippen MR) is 121 cm³/mol. The van der Waals surface area contributed by atoms with Gasteiger partial charge in [-0.2, -0.15) is 9.97 Å². The van der Waals surface area contributed by atoms with Gasteiger partial charge in [0.15, 0.2) is 5.82 Å². The number of aromatic nitrogens is 2. The molecule has 162 valence electrons. The number of piperazine rings is 1. The van der Waals surface area contributed by atoms with Gasteiger partial charge in [-0.1, -0.05) is 11.6 Å². The van der Waals surface area contributed by atoms with Gasteiger partial charge in [0, 0.05) is 37.6 Å². The van der Waals surface area contributed by atoms with Crippen molar-refractivity contribution in [2.45, 2.75) is 25.7 Å². The van der Waals surface area contributed by atoms with Gasteiger partial charge in [-0.25, -0.2) is 4.39 Å². The molecule has 11 heteroatoms. The summed E-state index contributed by atoms with van der Waals surface area (Å²) in [6.45, 7) is 5.93. The molecule has 1 atom stereocenters. The van der Waals surface area contributed by atoms with Crippen molar-refractivity contribution in [2.24, 2.45) is 0 Å². The number of fused-ring (bicyclic) bond motifs is 1. The Hall–Kier alpha value is -1.20. The first-order valence-electron chi connectivity index (χ1n) is 10.2. The number of benzene rings is 1. The standard InChI is InChI=1S/C19H25BBrClFN5O2/c1-20(29)28-8-6-27(7-9-28)18-13-10-14(22)15(21)16(23)17(13)24-19(25-18)30-11-12-4-3-5-26(12)2/h10,12,29H,3-9,11H2,1-2H3/t12-/m0/s1. The summed E-state index contributed by atoms with van der Waals surface area (Å²) in [6.07, 6.45) is 2.20. The molecule has 7 nitrogen and oxygen atoms in total. The first kappa shape index (κ1) is 22.0. The molecule has 0 spiro atoms. The van der Waals surface area contributed by atoms with E-state index >= 15 is 4.39 Å². The minimum atomic E-state index is -0.522. The lowest BCUT2D eigenvalue weighted by atomic mass is 9.84. The highest BCUT2D eigenvalue weighted by Crippen LogP contribution is 2.36. The van der Waals surface area contributed by atoms with E-state index in [1.54, 1.807) is 12.9 Å². The van der Waals surface area contributed by atoms with Crippen molar-refractivity contribution < 1.29 is 14.2 Å². The largest absolute Gasteiger partial charge is 0.462 e. The lowest BCUT2D eigenvalue weighted by molar-refractivity contribution is 0.188. The van der Waals surface area contributed by atoms with Crippen LogP contribution in [0, 0.1) is 5.82 Å². The molecule has 2 aromatic rings. The monoisotopic (exact) mass is 499 g/mol. The fraction of sp³-hybridized carbons (Fsp3) is 0.579. The molecule has 0 saturated carbocycles. The minimum Gasteiger partial charge on any atom is -0.462 e. The average molecular weight is 501 g/mol. The van der Waals surface area contributed by atoms with Crippen LogP contribution in [0.25, 0.3) is 10.9 Å². The summed E-state index contributed by atoms with van der Waals surface area (Å²) in [4.78, 5) is 15.3. The second kappa shape index (κ2) is 9.12. The van der Waals surface area contributed by atoms with E-state index in [9.17, 15) is 5.02 Å². The molecule has 2 aliphatic heterocycles. The summed E-state index contributed by atoms with van der Waals surface area (Å²) in [5.74, 6) is 0.0833. The Bertz CT molecular complexity index is 932. The van der Waals surface area contributed by atoms with Crippen molar-refractivity contribution in [2.75, 3.05) is 51.3 Å². The zero-order valence-corrected chi connectivity index (χ0v) is 19.5. The maximum absolute atomic E-state index is 15.0. The number of likely N-dealkylation sites (tertiary alicyclic amines) is 1. The van der Waals surface area contributed by atoms with E-state index in [-0.39, 0.29) is 21.0 Å². The van der Waals surface area contributed by atoms with Gasteiger partial charge in [-0.15, -0.1) is 0 Å². The summed E-state index contributed by atoms with van der Waals surface area (Å²) >= 11 is 9.44. The van der Waals surface area contributed by atoms with Crippen molar-refractivity contribution in [3.63, 3.8) is 0 Å². The minimum absolute atomic E-state index is 0.170. The van der Waals surface area contributed by atoms with Gasteiger partial charge >= 0.3 is 13.1 Å². The van der Waals surface area contributed by atoms with E-state index in [1.807, 2.05) is 4.81 Å². The number of hydrogen-bond acceptors (Lipinski definition) is 7. The van der Waals surface area contributed by atoms with E-state index in [0.717, 1.165) is 19.4 Å². The van der Waals surface area contributed by atoms with E-state index in [0.29, 0.717) is 50.0 Å². The number of anilines is 1. The third kappa shape index (κ3) is 4.38. The highest BCUT2D eigenvalue weighted by Gasteiger charge is 2.27. The number of hydrogen-bond donors (Lipinski definition) is 1. The van der Waals surface area contributed by atoms with Gasteiger partial charge in [0.1, 0.15) is 17.9 Å². The Morgan fingerprint density at radius 3 is 2.67 bits per heavy atom. The molecule has 0 radical (unpaired) electrons. The van der Waals surface area contributed by atoms with Crippen LogP contribution in [0.2, 0.25) is 11.8 Å². The molecule has 0 amide bonds. The Morgan fingerprint density at radius 2 is 2.03 bits per heavy atom. The van der Waals surface area contributed by atoms with E-state index < -0.39 is 12.9 Å². The van der Waals surface area contributed by atoms with Crippen molar-refractivity contribution in [3.05, 3.63) is 21.4 Å². The highest BCUT2D eigenvalue weighted by atomic mass is 79.9. The van der Waals surface area contributed by atoms with Crippen molar-refractivity contribution in [1.82, 2.24) is 19.7 Å². The smallest absolute Gasteiger partial charge is 0.376 e. The van der Waals surface area contributed by atoms with Crippen LogP contribution in [0.3, 0.4) is 0 Å². The molecule has 0 bridgehead atoms. The maximum Gasteiger partial charge on any atom is 0.376 e. The third-order valence-corrected chi connectivity index (χ3v) is 7.31. The van der Waals surface area contributed by atoms with Crippen LogP contribution in [-0.4, -0.2) is 84.2 Å². The molecular weight excluding hydrogens is 475 g/mol. The van der Waals surface area contributed by atoms with E-state index in [2.05, 4.69) is 42.7 Å². The lowest BCUT2D eigenvalue weighted by Crippen LogP contribution is -2.51. The number of likely N-dealkylation sites (N-methyl/N-ethyl adjacent to an activating group) is 1. The van der Waals surface area contributed by atoms with Gasteiger partial charge in [0.2, 0.25) is 0 Å². The Kier molecular flexibility index (Phi) is 6.69. The van der Waals surface area contributed by atoms with Crippen LogP contribution in [0.1, 0.15) is 12.8 Å². The molecule has 2 fully saturated rings. The quantitative estimate of drug-likeness (QED) is 0.500. The number of rotatable bonds is 5. The zero-order chi connectivity index (χ0) is 21.4. The molecule has 2 saturated heterocycles. The topological polar surface area (TPSA) is 65.0 Å². The van der Waals surface area contributed by atoms with Gasteiger partial charge in [0.25, 0.3) is 0 Å². The summed E-state index contributed by atoms with van der Waals surface area (Å²) in [7, 11) is 1.58. The lowest BCUT2D eigenvalue weighted by Gasteiger charge is -2.36. The molecule has 0 unspecified atom stereocenters. The van der Waals surface area contributed by atoms with Crippen molar-refractivity contribution in [3.8, 4) is 6.01 Å². The number of ether oxygens (including phenoxy) is 1. The second-order valence-corrected chi connectivity index (χ2v) is 9.16. The molecule has 1 aromatic heterocycles. The van der Waals surface area contributed by atoms with Gasteiger partial charge in [0.05, 0.1) is 9.50 Å². The second-order valence-electron chi connectivity index (χ2n) is 7.95.